The lowest BCUT2D eigenvalue weighted by atomic mass is 10.1. The van der Waals surface area contributed by atoms with Crippen molar-refractivity contribution in [1.82, 2.24) is 4.98 Å². The Hall–Kier alpha value is -1.93. The Morgan fingerprint density at radius 1 is 1.21 bits per heavy atom. The van der Waals surface area contributed by atoms with Crippen LogP contribution in [0.25, 0.3) is 0 Å². The van der Waals surface area contributed by atoms with Crippen LogP contribution in [0, 0.1) is 36.8 Å². The molecule has 0 unspecified atom stereocenters. The van der Waals surface area contributed by atoms with Gasteiger partial charge in [0.1, 0.15) is 22.7 Å². The molecule has 2 nitrogen and oxygen atoms in total. The molecule has 0 spiro atoms. The van der Waals surface area contributed by atoms with E-state index in [9.17, 15) is 8.78 Å². The van der Waals surface area contributed by atoms with E-state index in [1.165, 1.54) is 12.1 Å². The molecule has 96 valence electrons. The molecule has 0 bridgehead atoms. The number of benzene rings is 1. The van der Waals surface area contributed by atoms with Gasteiger partial charge in [0.25, 0.3) is 0 Å². The maximum Gasteiger partial charge on any atom is 0.140 e. The molecule has 0 aliphatic heterocycles. The first-order valence-corrected chi connectivity index (χ1v) is 6.34. The zero-order chi connectivity index (χ0) is 14.0. The standard InChI is InChI=1S/C14H10F2N2S/c1-8-5-9(2)18-14(11(8)7-17)19-13-4-3-10(15)6-12(13)16/h3-6H,1-2H3. The van der Waals surface area contributed by atoms with Crippen molar-refractivity contribution in [3.8, 4) is 6.07 Å². The van der Waals surface area contributed by atoms with Crippen LogP contribution in [-0.4, -0.2) is 4.98 Å². The molecule has 0 atom stereocenters. The second kappa shape index (κ2) is 5.37. The van der Waals surface area contributed by atoms with Gasteiger partial charge in [-0.3, -0.25) is 0 Å². The van der Waals surface area contributed by atoms with E-state index >= 15 is 0 Å². The molecular weight excluding hydrogens is 266 g/mol. The van der Waals surface area contributed by atoms with Gasteiger partial charge in [0, 0.05) is 16.7 Å². The maximum atomic E-state index is 13.6. The minimum atomic E-state index is -0.658. The molecule has 2 aromatic rings. The first-order chi connectivity index (χ1) is 9.01. The van der Waals surface area contributed by atoms with E-state index in [1.54, 1.807) is 19.9 Å². The quantitative estimate of drug-likeness (QED) is 0.832. The maximum absolute atomic E-state index is 13.6. The Balaban J connectivity index is 2.46. The van der Waals surface area contributed by atoms with E-state index in [1.807, 2.05) is 0 Å². The molecule has 0 saturated carbocycles. The monoisotopic (exact) mass is 276 g/mol. The predicted octanol–water partition coefficient (Wildman–Crippen LogP) is 4.00. The second-order valence-electron chi connectivity index (χ2n) is 4.05. The van der Waals surface area contributed by atoms with Gasteiger partial charge in [-0.1, -0.05) is 11.8 Å². The fourth-order valence-corrected chi connectivity index (χ4v) is 2.67. The highest BCUT2D eigenvalue weighted by atomic mass is 32.2. The van der Waals surface area contributed by atoms with Gasteiger partial charge in [-0.25, -0.2) is 13.8 Å². The Labute approximate surface area is 114 Å². The molecule has 0 amide bonds. The number of aryl methyl sites for hydroxylation is 2. The molecule has 1 aromatic carbocycles. The van der Waals surface area contributed by atoms with Crippen molar-refractivity contribution in [2.45, 2.75) is 23.8 Å². The second-order valence-corrected chi connectivity index (χ2v) is 5.08. The summed E-state index contributed by atoms with van der Waals surface area (Å²) in [6.45, 7) is 3.61. The normalized spacial score (nSPS) is 10.3. The average Bonchev–Trinajstić information content (AvgIpc) is 2.32. The van der Waals surface area contributed by atoms with E-state index in [2.05, 4.69) is 11.1 Å². The lowest BCUT2D eigenvalue weighted by Gasteiger charge is -2.07. The molecule has 2 rings (SSSR count). The van der Waals surface area contributed by atoms with Gasteiger partial charge in [-0.2, -0.15) is 5.26 Å². The summed E-state index contributed by atoms with van der Waals surface area (Å²) < 4.78 is 26.4. The molecular formula is C14H10F2N2S. The van der Waals surface area contributed by atoms with Gasteiger partial charge in [0.05, 0.1) is 5.56 Å². The highest BCUT2D eigenvalue weighted by molar-refractivity contribution is 7.99. The molecule has 19 heavy (non-hydrogen) atoms. The zero-order valence-electron chi connectivity index (χ0n) is 10.4. The number of nitrogens with zero attached hydrogens (tertiary/aromatic N) is 2. The van der Waals surface area contributed by atoms with Crippen LogP contribution in [0.4, 0.5) is 8.78 Å². The van der Waals surface area contributed by atoms with Gasteiger partial charge in [-0.05, 0) is 37.6 Å². The molecule has 0 aliphatic rings. The molecule has 1 heterocycles. The summed E-state index contributed by atoms with van der Waals surface area (Å²) in [6, 6.07) is 7.20. The van der Waals surface area contributed by atoms with Crippen LogP contribution < -0.4 is 0 Å². The van der Waals surface area contributed by atoms with Crippen molar-refractivity contribution in [2.75, 3.05) is 0 Å². The highest BCUT2D eigenvalue weighted by Gasteiger charge is 2.13. The molecule has 1 aromatic heterocycles. The molecule has 5 heteroatoms. The Morgan fingerprint density at radius 3 is 2.58 bits per heavy atom. The number of nitriles is 1. The number of hydrogen-bond donors (Lipinski definition) is 0. The van der Waals surface area contributed by atoms with Crippen molar-refractivity contribution in [2.24, 2.45) is 0 Å². The highest BCUT2D eigenvalue weighted by Crippen LogP contribution is 2.32. The summed E-state index contributed by atoms with van der Waals surface area (Å²) >= 11 is 1.03. The third-order valence-electron chi connectivity index (χ3n) is 2.52. The zero-order valence-corrected chi connectivity index (χ0v) is 11.2. The van der Waals surface area contributed by atoms with Crippen molar-refractivity contribution in [3.63, 3.8) is 0 Å². The topological polar surface area (TPSA) is 36.7 Å². The van der Waals surface area contributed by atoms with Crippen molar-refractivity contribution in [3.05, 3.63) is 52.7 Å². The van der Waals surface area contributed by atoms with Gasteiger partial charge in [-0.15, -0.1) is 0 Å². The number of pyridine rings is 1. The fourth-order valence-electron chi connectivity index (χ4n) is 1.67. The molecule has 0 N–H and O–H groups in total. The Morgan fingerprint density at radius 2 is 1.95 bits per heavy atom. The number of hydrogen-bond acceptors (Lipinski definition) is 3. The minimum absolute atomic E-state index is 0.246. The summed E-state index contributed by atoms with van der Waals surface area (Å²) in [5.74, 6) is -1.29. The summed E-state index contributed by atoms with van der Waals surface area (Å²) in [7, 11) is 0. The third kappa shape index (κ3) is 2.91. The fraction of sp³-hybridized carbons (Fsp3) is 0.143. The summed E-state index contributed by atoms with van der Waals surface area (Å²) in [5, 5.41) is 9.56. The summed E-state index contributed by atoms with van der Waals surface area (Å²) in [6.07, 6.45) is 0. The average molecular weight is 276 g/mol. The molecule has 0 saturated heterocycles. The van der Waals surface area contributed by atoms with Crippen LogP contribution in [0.3, 0.4) is 0 Å². The summed E-state index contributed by atoms with van der Waals surface area (Å²) in [5.41, 5.74) is 1.96. The van der Waals surface area contributed by atoms with Crippen molar-refractivity contribution in [1.29, 1.82) is 5.26 Å². The van der Waals surface area contributed by atoms with Crippen LogP contribution in [0.2, 0.25) is 0 Å². The van der Waals surface area contributed by atoms with E-state index < -0.39 is 11.6 Å². The smallest absolute Gasteiger partial charge is 0.140 e. The number of halogens is 2. The van der Waals surface area contributed by atoms with E-state index in [-0.39, 0.29) is 4.90 Å². The van der Waals surface area contributed by atoms with Gasteiger partial charge < -0.3 is 0 Å². The number of aromatic nitrogens is 1. The van der Waals surface area contributed by atoms with Gasteiger partial charge in [0.2, 0.25) is 0 Å². The lowest BCUT2D eigenvalue weighted by Crippen LogP contribution is -1.95. The van der Waals surface area contributed by atoms with E-state index in [0.29, 0.717) is 10.6 Å². The van der Waals surface area contributed by atoms with Gasteiger partial charge in [0.15, 0.2) is 0 Å². The van der Waals surface area contributed by atoms with E-state index in [4.69, 9.17) is 5.26 Å². The van der Waals surface area contributed by atoms with Crippen molar-refractivity contribution >= 4 is 11.8 Å². The van der Waals surface area contributed by atoms with Crippen LogP contribution >= 0.6 is 11.8 Å². The summed E-state index contributed by atoms with van der Waals surface area (Å²) in [4.78, 5) is 4.49. The SMILES string of the molecule is Cc1cc(C)c(C#N)c(Sc2ccc(F)cc2F)n1. The molecule has 0 aliphatic carbocycles. The predicted molar refractivity (Wildman–Crippen MR) is 68.9 cm³/mol. The first kappa shape index (κ1) is 13.5. The number of rotatable bonds is 2. The minimum Gasteiger partial charge on any atom is -0.245 e. The van der Waals surface area contributed by atoms with Crippen LogP contribution in [0.15, 0.2) is 34.2 Å². The molecule has 0 radical (unpaired) electrons. The van der Waals surface area contributed by atoms with Crippen LogP contribution in [0.5, 0.6) is 0 Å². The lowest BCUT2D eigenvalue weighted by molar-refractivity contribution is 0.565. The molecule has 0 fully saturated rings. The van der Waals surface area contributed by atoms with Crippen LogP contribution in [0.1, 0.15) is 16.8 Å². The first-order valence-electron chi connectivity index (χ1n) is 5.52. The van der Waals surface area contributed by atoms with Crippen molar-refractivity contribution < 1.29 is 8.78 Å². The third-order valence-corrected chi connectivity index (χ3v) is 3.56. The van der Waals surface area contributed by atoms with Gasteiger partial charge >= 0.3 is 0 Å². The largest absolute Gasteiger partial charge is 0.245 e. The van der Waals surface area contributed by atoms with Crippen LogP contribution in [-0.2, 0) is 0 Å². The Bertz CT molecular complexity index is 678. The van der Waals surface area contributed by atoms with E-state index in [0.717, 1.165) is 29.1 Å². The Kier molecular flexibility index (Phi) is 3.82.